The molecule has 0 aliphatic carbocycles. The summed E-state index contributed by atoms with van der Waals surface area (Å²) in [7, 11) is 3.98. The van der Waals surface area contributed by atoms with Gasteiger partial charge in [-0.25, -0.2) is 9.59 Å². The smallest absolute Gasteiger partial charge is 0.335 e. The number of fused-ring (bicyclic) bond motifs is 1. The van der Waals surface area contributed by atoms with Crippen LogP contribution in [0, 0.1) is 5.41 Å². The summed E-state index contributed by atoms with van der Waals surface area (Å²) in [5.41, 5.74) is 1.15. The van der Waals surface area contributed by atoms with Crippen molar-refractivity contribution in [3.63, 3.8) is 0 Å². The highest BCUT2D eigenvalue weighted by Gasteiger charge is 2.22. The first-order chi connectivity index (χ1) is 9.69. The molecule has 0 unspecified atom stereocenters. The van der Waals surface area contributed by atoms with Crippen molar-refractivity contribution in [2.45, 2.75) is 20.4 Å². The molecule has 2 aromatic rings. The maximum atomic E-state index is 12.1. The van der Waals surface area contributed by atoms with Crippen LogP contribution in [0.1, 0.15) is 24.2 Å². The third-order valence-electron chi connectivity index (χ3n) is 3.35. The lowest BCUT2D eigenvalue weighted by Crippen LogP contribution is -2.35. The van der Waals surface area contributed by atoms with Gasteiger partial charge in [-0.05, 0) is 37.7 Å². The Labute approximate surface area is 123 Å². The predicted molar refractivity (Wildman–Crippen MR) is 81.9 cm³/mol. The molecular weight excluding hydrogens is 270 g/mol. The van der Waals surface area contributed by atoms with Gasteiger partial charge in [0, 0.05) is 13.1 Å². The van der Waals surface area contributed by atoms with E-state index in [0.29, 0.717) is 17.6 Å². The van der Waals surface area contributed by atoms with Crippen LogP contribution in [0.2, 0.25) is 0 Å². The highest BCUT2D eigenvalue weighted by Crippen LogP contribution is 2.21. The van der Waals surface area contributed by atoms with Gasteiger partial charge in [0.25, 0.3) is 0 Å². The van der Waals surface area contributed by atoms with Crippen LogP contribution in [0.25, 0.3) is 11.0 Å². The van der Waals surface area contributed by atoms with Gasteiger partial charge in [-0.3, -0.25) is 4.57 Å². The molecule has 1 aromatic carbocycles. The minimum Gasteiger partial charge on any atom is -0.478 e. The molecule has 0 bridgehead atoms. The molecule has 0 aliphatic heterocycles. The van der Waals surface area contributed by atoms with Gasteiger partial charge in [-0.1, -0.05) is 13.8 Å². The van der Waals surface area contributed by atoms with Crippen LogP contribution < -0.4 is 5.69 Å². The molecule has 0 spiro atoms. The Bertz CT molecular complexity index is 725. The average Bonchev–Trinajstić information content (AvgIpc) is 2.63. The van der Waals surface area contributed by atoms with Crippen molar-refractivity contribution in [1.82, 2.24) is 14.5 Å². The van der Waals surface area contributed by atoms with Gasteiger partial charge in [0.05, 0.1) is 16.6 Å². The molecule has 0 saturated heterocycles. The summed E-state index contributed by atoms with van der Waals surface area (Å²) >= 11 is 0. The summed E-state index contributed by atoms with van der Waals surface area (Å²) in [6.45, 7) is 5.51. The molecule has 1 aromatic heterocycles. The van der Waals surface area contributed by atoms with Crippen molar-refractivity contribution in [2.75, 3.05) is 20.6 Å². The summed E-state index contributed by atoms with van der Waals surface area (Å²) in [5.74, 6) is -0.996. The first-order valence-corrected chi connectivity index (χ1v) is 6.80. The number of hydrogen-bond donors (Lipinski definition) is 2. The van der Waals surface area contributed by atoms with Crippen molar-refractivity contribution in [2.24, 2.45) is 5.41 Å². The quantitative estimate of drug-likeness (QED) is 0.877. The number of nitrogens with one attached hydrogen (secondary N) is 1. The molecular formula is C15H21N3O3. The predicted octanol–water partition coefficient (Wildman–Crippen LogP) is 1.62. The highest BCUT2D eigenvalue weighted by molar-refractivity contribution is 5.92. The molecule has 0 amide bonds. The number of aromatic nitrogens is 2. The van der Waals surface area contributed by atoms with Crippen molar-refractivity contribution in [3.05, 3.63) is 34.2 Å². The normalized spacial score (nSPS) is 12.2. The van der Waals surface area contributed by atoms with E-state index in [0.717, 1.165) is 6.54 Å². The van der Waals surface area contributed by atoms with Crippen LogP contribution >= 0.6 is 0 Å². The van der Waals surface area contributed by atoms with Crippen LogP contribution in [0.15, 0.2) is 23.0 Å². The number of benzene rings is 1. The molecule has 0 radical (unpaired) electrons. The summed E-state index contributed by atoms with van der Waals surface area (Å²) < 4.78 is 1.62. The fourth-order valence-electron chi connectivity index (χ4n) is 2.78. The minimum absolute atomic E-state index is 0.109. The molecule has 114 valence electrons. The standard InChI is InChI=1S/C15H21N3O3/c1-15(2,8-17(3)4)9-18-12-7-10(13(19)20)5-6-11(12)16-14(18)21/h5-7H,8-9H2,1-4H3,(H,16,21)(H,19,20). The fourth-order valence-corrected chi connectivity index (χ4v) is 2.78. The lowest BCUT2D eigenvalue weighted by atomic mass is 9.93. The van der Waals surface area contributed by atoms with Gasteiger partial charge >= 0.3 is 11.7 Å². The third-order valence-corrected chi connectivity index (χ3v) is 3.35. The van der Waals surface area contributed by atoms with Crippen LogP contribution in [0.4, 0.5) is 0 Å². The summed E-state index contributed by atoms with van der Waals surface area (Å²) in [6, 6.07) is 4.67. The maximum Gasteiger partial charge on any atom is 0.335 e. The number of carboxylic acids is 1. The number of aromatic carboxylic acids is 1. The van der Waals surface area contributed by atoms with Crippen LogP contribution in [-0.4, -0.2) is 46.2 Å². The van der Waals surface area contributed by atoms with Gasteiger partial charge in [-0.2, -0.15) is 0 Å². The molecule has 1 heterocycles. The molecule has 2 N–H and O–H groups in total. The summed E-state index contributed by atoms with van der Waals surface area (Å²) in [6.07, 6.45) is 0. The molecule has 0 saturated carbocycles. The lowest BCUT2D eigenvalue weighted by molar-refractivity contribution is 0.0697. The van der Waals surface area contributed by atoms with E-state index in [-0.39, 0.29) is 16.7 Å². The van der Waals surface area contributed by atoms with E-state index < -0.39 is 5.97 Å². The van der Waals surface area contributed by atoms with Crippen LogP contribution in [-0.2, 0) is 6.54 Å². The molecule has 21 heavy (non-hydrogen) atoms. The van der Waals surface area contributed by atoms with Gasteiger partial charge < -0.3 is 15.0 Å². The second-order valence-electron chi connectivity index (χ2n) is 6.46. The Morgan fingerprint density at radius 1 is 1.38 bits per heavy atom. The van der Waals surface area contributed by atoms with E-state index in [1.165, 1.54) is 6.07 Å². The zero-order valence-electron chi connectivity index (χ0n) is 12.8. The molecule has 6 heteroatoms. The minimum atomic E-state index is -0.996. The molecule has 0 atom stereocenters. The fraction of sp³-hybridized carbons (Fsp3) is 0.467. The SMILES string of the molecule is CN(C)CC(C)(C)Cn1c(=O)[nH]c2ccc(C(=O)O)cc21. The van der Waals surface area contributed by atoms with E-state index in [4.69, 9.17) is 5.11 Å². The molecule has 0 fully saturated rings. The topological polar surface area (TPSA) is 78.3 Å². The first-order valence-electron chi connectivity index (χ1n) is 6.80. The van der Waals surface area contributed by atoms with Crippen molar-refractivity contribution in [1.29, 1.82) is 0 Å². The van der Waals surface area contributed by atoms with E-state index >= 15 is 0 Å². The Balaban J connectivity index is 2.48. The highest BCUT2D eigenvalue weighted by atomic mass is 16.4. The number of carboxylic acid groups (broad SMARTS) is 1. The van der Waals surface area contributed by atoms with Crippen LogP contribution in [0.3, 0.4) is 0 Å². The van der Waals surface area contributed by atoms with Crippen molar-refractivity contribution >= 4 is 17.0 Å². The van der Waals surface area contributed by atoms with Gasteiger partial charge in [0.2, 0.25) is 0 Å². The molecule has 2 rings (SSSR count). The Morgan fingerprint density at radius 3 is 2.62 bits per heavy atom. The zero-order valence-corrected chi connectivity index (χ0v) is 12.8. The number of imidazole rings is 1. The van der Waals surface area contributed by atoms with Gasteiger partial charge in [0.15, 0.2) is 0 Å². The lowest BCUT2D eigenvalue weighted by Gasteiger charge is -2.28. The van der Waals surface area contributed by atoms with E-state index in [1.807, 2.05) is 14.1 Å². The zero-order chi connectivity index (χ0) is 15.8. The number of H-pyrrole nitrogens is 1. The number of rotatable bonds is 5. The second kappa shape index (κ2) is 5.37. The third kappa shape index (κ3) is 3.33. The van der Waals surface area contributed by atoms with Gasteiger partial charge in [0.1, 0.15) is 0 Å². The van der Waals surface area contributed by atoms with E-state index in [9.17, 15) is 9.59 Å². The van der Waals surface area contributed by atoms with E-state index in [2.05, 4.69) is 23.7 Å². The van der Waals surface area contributed by atoms with Crippen LogP contribution in [0.5, 0.6) is 0 Å². The Kier molecular flexibility index (Phi) is 3.91. The van der Waals surface area contributed by atoms with Gasteiger partial charge in [-0.15, -0.1) is 0 Å². The number of aromatic amines is 1. The number of hydrogen-bond acceptors (Lipinski definition) is 3. The number of nitrogens with zero attached hydrogens (tertiary/aromatic N) is 2. The number of carbonyl (C=O) groups is 1. The Morgan fingerprint density at radius 2 is 2.05 bits per heavy atom. The summed E-state index contributed by atoms with van der Waals surface area (Å²) in [5, 5.41) is 9.09. The Hall–Kier alpha value is -2.08. The average molecular weight is 291 g/mol. The largest absolute Gasteiger partial charge is 0.478 e. The monoisotopic (exact) mass is 291 g/mol. The first kappa shape index (κ1) is 15.3. The molecule has 0 aliphatic rings. The van der Waals surface area contributed by atoms with E-state index in [1.54, 1.807) is 16.7 Å². The maximum absolute atomic E-state index is 12.1. The van der Waals surface area contributed by atoms with Crippen molar-refractivity contribution in [3.8, 4) is 0 Å². The van der Waals surface area contributed by atoms with Crippen molar-refractivity contribution < 1.29 is 9.90 Å². The summed E-state index contributed by atoms with van der Waals surface area (Å²) in [4.78, 5) is 28.1. The second-order valence-corrected chi connectivity index (χ2v) is 6.46. The molecule has 6 nitrogen and oxygen atoms in total.